The van der Waals surface area contributed by atoms with Gasteiger partial charge in [0.15, 0.2) is 0 Å². The molecule has 3 N–H and O–H groups in total. The van der Waals surface area contributed by atoms with Gasteiger partial charge in [-0.1, -0.05) is 0 Å². The van der Waals surface area contributed by atoms with E-state index in [9.17, 15) is 0 Å². The van der Waals surface area contributed by atoms with Crippen molar-refractivity contribution in [2.75, 3.05) is 19.8 Å². The zero-order valence-corrected chi connectivity index (χ0v) is 8.17. The second-order valence-corrected chi connectivity index (χ2v) is 3.49. The summed E-state index contributed by atoms with van der Waals surface area (Å²) in [6, 6.07) is 0. The largest absolute Gasteiger partial charge is 0.396 e. The minimum atomic E-state index is -0.0703. The van der Waals surface area contributed by atoms with Crippen LogP contribution >= 0.6 is 11.3 Å². The molecular weight excluding hydrogens is 188 g/mol. The standard InChI is InChI=1S/C8H14N2O2S/c9-4-7(12-3-1-2-11)8-5-10-6-13-8/h5-7,11H,1-4,9H2. The highest BCUT2D eigenvalue weighted by Gasteiger charge is 2.10. The Bertz CT molecular complexity index is 216. The Morgan fingerprint density at radius 3 is 3.08 bits per heavy atom. The van der Waals surface area contributed by atoms with Crippen molar-refractivity contribution in [3.8, 4) is 0 Å². The minimum Gasteiger partial charge on any atom is -0.396 e. The molecule has 1 aromatic heterocycles. The van der Waals surface area contributed by atoms with E-state index in [2.05, 4.69) is 4.98 Å². The van der Waals surface area contributed by atoms with Gasteiger partial charge < -0.3 is 15.6 Å². The van der Waals surface area contributed by atoms with E-state index in [4.69, 9.17) is 15.6 Å². The van der Waals surface area contributed by atoms with Crippen LogP contribution in [0.1, 0.15) is 17.4 Å². The fraction of sp³-hybridized carbons (Fsp3) is 0.625. The minimum absolute atomic E-state index is 0.0703. The second kappa shape index (κ2) is 6.04. The summed E-state index contributed by atoms with van der Waals surface area (Å²) >= 11 is 1.54. The number of nitrogens with two attached hydrogens (primary N) is 1. The Kier molecular flexibility index (Phi) is 4.92. The predicted molar refractivity (Wildman–Crippen MR) is 51.6 cm³/mol. The van der Waals surface area contributed by atoms with Crippen LogP contribution in [-0.4, -0.2) is 29.8 Å². The van der Waals surface area contributed by atoms with Crippen LogP contribution in [0.4, 0.5) is 0 Å². The Morgan fingerprint density at radius 2 is 2.54 bits per heavy atom. The SMILES string of the molecule is NCC(OCCCO)c1cncs1. The fourth-order valence-electron chi connectivity index (χ4n) is 0.941. The third kappa shape index (κ3) is 3.40. The lowest BCUT2D eigenvalue weighted by Gasteiger charge is -2.12. The number of aromatic nitrogens is 1. The molecule has 0 radical (unpaired) electrons. The van der Waals surface area contributed by atoms with Gasteiger partial charge in [0, 0.05) is 26.0 Å². The van der Waals surface area contributed by atoms with Gasteiger partial charge in [-0.2, -0.15) is 0 Å². The molecule has 1 heterocycles. The molecule has 0 fully saturated rings. The van der Waals surface area contributed by atoms with Gasteiger partial charge in [-0.15, -0.1) is 11.3 Å². The lowest BCUT2D eigenvalue weighted by atomic mass is 10.3. The number of hydrogen-bond acceptors (Lipinski definition) is 5. The molecule has 1 aromatic rings. The zero-order valence-electron chi connectivity index (χ0n) is 7.35. The molecule has 0 aliphatic heterocycles. The topological polar surface area (TPSA) is 68.4 Å². The molecule has 5 heteroatoms. The number of nitrogens with zero attached hydrogens (tertiary/aromatic N) is 1. The molecule has 0 aliphatic carbocycles. The van der Waals surface area contributed by atoms with Crippen LogP contribution in [-0.2, 0) is 4.74 Å². The van der Waals surface area contributed by atoms with Crippen molar-refractivity contribution < 1.29 is 9.84 Å². The maximum Gasteiger partial charge on any atom is 0.105 e. The fourth-order valence-corrected chi connectivity index (χ4v) is 1.62. The molecule has 0 amide bonds. The van der Waals surface area contributed by atoms with E-state index in [1.807, 2.05) is 0 Å². The van der Waals surface area contributed by atoms with Crippen molar-refractivity contribution in [3.05, 3.63) is 16.6 Å². The normalized spacial score (nSPS) is 13.1. The summed E-state index contributed by atoms with van der Waals surface area (Å²) in [5.74, 6) is 0. The van der Waals surface area contributed by atoms with E-state index < -0.39 is 0 Å². The Labute approximate surface area is 81.4 Å². The van der Waals surface area contributed by atoms with E-state index >= 15 is 0 Å². The van der Waals surface area contributed by atoms with Gasteiger partial charge >= 0.3 is 0 Å². The molecular formula is C8H14N2O2S. The number of aliphatic hydroxyl groups is 1. The Morgan fingerprint density at radius 1 is 1.69 bits per heavy atom. The molecule has 4 nitrogen and oxygen atoms in total. The Hall–Kier alpha value is -0.490. The van der Waals surface area contributed by atoms with Gasteiger partial charge in [0.05, 0.1) is 10.4 Å². The molecule has 1 unspecified atom stereocenters. The molecule has 0 saturated heterocycles. The molecule has 0 aromatic carbocycles. The predicted octanol–water partition coefficient (Wildman–Crippen LogP) is 0.542. The molecule has 74 valence electrons. The average Bonchev–Trinajstić information content (AvgIpc) is 2.65. The van der Waals surface area contributed by atoms with Gasteiger partial charge in [-0.05, 0) is 6.42 Å². The van der Waals surface area contributed by atoms with Crippen LogP contribution in [0.15, 0.2) is 11.7 Å². The van der Waals surface area contributed by atoms with Crippen molar-refractivity contribution in [2.45, 2.75) is 12.5 Å². The van der Waals surface area contributed by atoms with Crippen molar-refractivity contribution in [1.82, 2.24) is 4.98 Å². The number of rotatable bonds is 6. The molecule has 0 bridgehead atoms. The zero-order chi connectivity index (χ0) is 9.52. The molecule has 0 aliphatic rings. The average molecular weight is 202 g/mol. The third-order valence-electron chi connectivity index (χ3n) is 1.60. The van der Waals surface area contributed by atoms with Crippen LogP contribution in [0.5, 0.6) is 0 Å². The summed E-state index contributed by atoms with van der Waals surface area (Å²) in [5.41, 5.74) is 7.29. The van der Waals surface area contributed by atoms with Crippen LogP contribution in [0, 0.1) is 0 Å². The summed E-state index contributed by atoms with van der Waals surface area (Å²) in [5, 5.41) is 8.56. The molecule has 0 spiro atoms. The van der Waals surface area contributed by atoms with Crippen molar-refractivity contribution in [3.63, 3.8) is 0 Å². The van der Waals surface area contributed by atoms with Gasteiger partial charge in [0.1, 0.15) is 6.10 Å². The van der Waals surface area contributed by atoms with E-state index in [0.717, 1.165) is 4.88 Å². The summed E-state index contributed by atoms with van der Waals surface area (Å²) in [7, 11) is 0. The number of thiazole rings is 1. The van der Waals surface area contributed by atoms with Crippen LogP contribution in [0.25, 0.3) is 0 Å². The highest BCUT2D eigenvalue weighted by atomic mass is 32.1. The Balaban J connectivity index is 2.35. The lowest BCUT2D eigenvalue weighted by molar-refractivity contribution is 0.0509. The quantitative estimate of drug-likeness (QED) is 0.661. The van der Waals surface area contributed by atoms with E-state index in [1.54, 1.807) is 11.7 Å². The monoisotopic (exact) mass is 202 g/mol. The number of aliphatic hydroxyl groups excluding tert-OH is 1. The van der Waals surface area contributed by atoms with E-state index in [0.29, 0.717) is 19.6 Å². The number of ether oxygens (including phenoxy) is 1. The molecule has 13 heavy (non-hydrogen) atoms. The van der Waals surface area contributed by atoms with Gasteiger partial charge in [-0.25, -0.2) is 0 Å². The first-order valence-corrected chi connectivity index (χ1v) is 5.07. The van der Waals surface area contributed by atoms with Gasteiger partial charge in [0.25, 0.3) is 0 Å². The van der Waals surface area contributed by atoms with Crippen molar-refractivity contribution in [1.29, 1.82) is 0 Å². The van der Waals surface area contributed by atoms with Crippen LogP contribution in [0.2, 0.25) is 0 Å². The second-order valence-electron chi connectivity index (χ2n) is 2.58. The number of hydrogen-bond donors (Lipinski definition) is 2. The van der Waals surface area contributed by atoms with Crippen molar-refractivity contribution in [2.24, 2.45) is 5.73 Å². The van der Waals surface area contributed by atoms with Crippen LogP contribution < -0.4 is 5.73 Å². The summed E-state index contributed by atoms with van der Waals surface area (Å²) < 4.78 is 5.46. The highest BCUT2D eigenvalue weighted by Crippen LogP contribution is 2.19. The van der Waals surface area contributed by atoms with Crippen molar-refractivity contribution >= 4 is 11.3 Å². The lowest BCUT2D eigenvalue weighted by Crippen LogP contribution is -2.15. The van der Waals surface area contributed by atoms with Gasteiger partial charge in [-0.3, -0.25) is 4.98 Å². The summed E-state index contributed by atoms with van der Waals surface area (Å²) in [4.78, 5) is 4.99. The van der Waals surface area contributed by atoms with E-state index in [1.165, 1.54) is 11.3 Å². The van der Waals surface area contributed by atoms with E-state index in [-0.39, 0.29) is 12.7 Å². The third-order valence-corrected chi connectivity index (χ3v) is 2.47. The smallest absolute Gasteiger partial charge is 0.105 e. The summed E-state index contributed by atoms with van der Waals surface area (Å²) in [6.07, 6.45) is 2.34. The first kappa shape index (κ1) is 10.6. The maximum atomic E-state index is 8.56. The van der Waals surface area contributed by atoms with Gasteiger partial charge in [0.2, 0.25) is 0 Å². The first-order valence-electron chi connectivity index (χ1n) is 4.19. The molecule has 1 atom stereocenters. The van der Waals surface area contributed by atoms with Crippen LogP contribution in [0.3, 0.4) is 0 Å². The maximum absolute atomic E-state index is 8.56. The first-order chi connectivity index (χ1) is 6.38. The molecule has 0 saturated carbocycles. The summed E-state index contributed by atoms with van der Waals surface area (Å²) in [6.45, 7) is 1.14. The molecule has 1 rings (SSSR count). The highest BCUT2D eigenvalue weighted by molar-refractivity contribution is 7.09.